The zero-order valence-corrected chi connectivity index (χ0v) is 12.6. The van der Waals surface area contributed by atoms with Crippen LogP contribution in [0.5, 0.6) is 5.75 Å². The van der Waals surface area contributed by atoms with Gasteiger partial charge in [0.1, 0.15) is 5.75 Å². The van der Waals surface area contributed by atoms with Gasteiger partial charge in [-0.3, -0.25) is 4.57 Å². The number of methoxy groups -OCH3 is 1. The van der Waals surface area contributed by atoms with Crippen LogP contribution in [0, 0.1) is 16.1 Å². The molecule has 0 spiro atoms. The lowest BCUT2D eigenvalue weighted by atomic mass is 10.2. The number of hydrogen-bond acceptors (Lipinski definition) is 3. The molecule has 0 bridgehead atoms. The predicted molar refractivity (Wildman–Crippen MR) is 84.7 cm³/mol. The minimum absolute atomic E-state index is 0.474. The zero-order valence-electron chi connectivity index (χ0n) is 11.1. The van der Waals surface area contributed by atoms with Crippen LogP contribution in [0.15, 0.2) is 36.4 Å². The van der Waals surface area contributed by atoms with Crippen molar-refractivity contribution in [3.05, 3.63) is 51.8 Å². The van der Waals surface area contributed by atoms with Crippen molar-refractivity contribution in [1.82, 2.24) is 9.55 Å². The van der Waals surface area contributed by atoms with E-state index < -0.39 is 0 Å². The highest BCUT2D eigenvalue weighted by molar-refractivity contribution is 7.71. The second kappa shape index (κ2) is 5.24. The average Bonchev–Trinajstić information content (AvgIpc) is 2.82. The molecule has 3 aromatic rings. The summed E-state index contributed by atoms with van der Waals surface area (Å²) >= 11 is 11.7. The summed E-state index contributed by atoms with van der Waals surface area (Å²) in [4.78, 5) is 3.13. The number of rotatable bonds is 2. The minimum Gasteiger partial charge on any atom is -0.497 e. The van der Waals surface area contributed by atoms with E-state index in [2.05, 4.69) is 11.1 Å². The van der Waals surface area contributed by atoms with Gasteiger partial charge in [-0.25, -0.2) is 0 Å². The summed E-state index contributed by atoms with van der Waals surface area (Å²) in [5, 5.41) is 9.39. The van der Waals surface area contributed by atoms with Gasteiger partial charge < -0.3 is 9.72 Å². The van der Waals surface area contributed by atoms with Crippen molar-refractivity contribution in [1.29, 1.82) is 5.26 Å². The van der Waals surface area contributed by atoms with Crippen molar-refractivity contribution in [2.75, 3.05) is 7.11 Å². The topological polar surface area (TPSA) is 53.7 Å². The van der Waals surface area contributed by atoms with Gasteiger partial charge in [0.15, 0.2) is 4.77 Å². The number of nitrogens with one attached hydrogen (secondary N) is 1. The van der Waals surface area contributed by atoms with Crippen LogP contribution >= 0.6 is 23.8 Å². The second-order valence-electron chi connectivity index (χ2n) is 4.43. The molecule has 0 atom stereocenters. The van der Waals surface area contributed by atoms with E-state index in [0.29, 0.717) is 15.4 Å². The fraction of sp³-hybridized carbons (Fsp3) is 0.0667. The fourth-order valence-electron chi connectivity index (χ4n) is 2.21. The van der Waals surface area contributed by atoms with Gasteiger partial charge in [0.2, 0.25) is 0 Å². The first kappa shape index (κ1) is 13.7. The van der Waals surface area contributed by atoms with Crippen LogP contribution in [0.4, 0.5) is 0 Å². The Bertz CT molecular complexity index is 936. The Hall–Kier alpha value is -2.29. The molecule has 3 rings (SSSR count). The van der Waals surface area contributed by atoms with E-state index in [1.165, 1.54) is 0 Å². The molecular weight excluding hydrogens is 306 g/mol. The lowest BCUT2D eigenvalue weighted by molar-refractivity contribution is 0.415. The maximum absolute atomic E-state index is 8.91. The third-order valence-corrected chi connectivity index (χ3v) is 3.79. The maximum Gasteiger partial charge on any atom is 0.182 e. The van der Waals surface area contributed by atoms with Crippen LogP contribution in [0.1, 0.15) is 5.56 Å². The highest BCUT2D eigenvalue weighted by Gasteiger charge is 2.11. The number of aromatic amines is 1. The van der Waals surface area contributed by atoms with Crippen molar-refractivity contribution in [2.24, 2.45) is 0 Å². The predicted octanol–water partition coefficient (Wildman–Crippen LogP) is 4.22. The van der Waals surface area contributed by atoms with Crippen LogP contribution in [0.2, 0.25) is 5.02 Å². The van der Waals surface area contributed by atoms with Crippen molar-refractivity contribution >= 4 is 34.9 Å². The first-order chi connectivity index (χ1) is 10.1. The lowest BCUT2D eigenvalue weighted by Gasteiger charge is -2.07. The Labute approximate surface area is 131 Å². The van der Waals surface area contributed by atoms with E-state index in [0.717, 1.165) is 22.5 Å². The first-order valence-electron chi connectivity index (χ1n) is 6.13. The zero-order chi connectivity index (χ0) is 15.0. The molecule has 1 heterocycles. The number of ether oxygens (including phenoxy) is 1. The van der Waals surface area contributed by atoms with E-state index in [1.54, 1.807) is 25.3 Å². The van der Waals surface area contributed by atoms with E-state index in [-0.39, 0.29) is 0 Å². The fourth-order valence-corrected chi connectivity index (χ4v) is 2.79. The summed E-state index contributed by atoms with van der Waals surface area (Å²) in [6.45, 7) is 0. The van der Waals surface area contributed by atoms with Crippen LogP contribution in [0.25, 0.3) is 16.7 Å². The van der Waals surface area contributed by atoms with Crippen molar-refractivity contribution in [2.45, 2.75) is 0 Å². The molecule has 0 unspecified atom stereocenters. The molecule has 1 aromatic heterocycles. The molecule has 6 heteroatoms. The van der Waals surface area contributed by atoms with E-state index >= 15 is 0 Å². The first-order valence-corrected chi connectivity index (χ1v) is 6.91. The molecule has 4 nitrogen and oxygen atoms in total. The summed E-state index contributed by atoms with van der Waals surface area (Å²) < 4.78 is 7.58. The van der Waals surface area contributed by atoms with Gasteiger partial charge in [0.25, 0.3) is 0 Å². The molecule has 2 aromatic carbocycles. The van der Waals surface area contributed by atoms with E-state index in [1.807, 2.05) is 22.8 Å². The number of benzene rings is 2. The highest BCUT2D eigenvalue weighted by atomic mass is 35.5. The Balaban J connectivity index is 2.28. The van der Waals surface area contributed by atoms with Crippen LogP contribution in [-0.2, 0) is 0 Å². The number of fused-ring (bicyclic) bond motifs is 1. The second-order valence-corrected chi connectivity index (χ2v) is 5.22. The molecular formula is C15H10ClN3OS. The smallest absolute Gasteiger partial charge is 0.182 e. The van der Waals surface area contributed by atoms with Gasteiger partial charge in [-0.15, -0.1) is 0 Å². The summed E-state index contributed by atoms with van der Waals surface area (Å²) in [5.74, 6) is 0.747. The largest absolute Gasteiger partial charge is 0.497 e. The molecule has 0 radical (unpaired) electrons. The summed E-state index contributed by atoms with van der Waals surface area (Å²) in [6, 6.07) is 12.8. The van der Waals surface area contributed by atoms with E-state index in [4.69, 9.17) is 33.8 Å². The van der Waals surface area contributed by atoms with Crippen LogP contribution < -0.4 is 4.74 Å². The molecule has 104 valence electrons. The van der Waals surface area contributed by atoms with E-state index in [9.17, 15) is 0 Å². The number of halogens is 1. The van der Waals surface area contributed by atoms with Gasteiger partial charge in [-0.1, -0.05) is 11.6 Å². The number of hydrogen-bond donors (Lipinski definition) is 1. The van der Waals surface area contributed by atoms with Gasteiger partial charge in [-0.2, -0.15) is 5.26 Å². The molecule has 0 saturated carbocycles. The molecule has 0 aliphatic heterocycles. The molecule has 0 saturated heterocycles. The standard InChI is InChI=1S/C15H10ClN3OS/c1-20-10-3-5-14-12(7-10)18-15(21)19(14)13-4-2-9(8-17)6-11(13)16/h2-7H,1H3,(H,18,21). The number of nitriles is 1. The average molecular weight is 316 g/mol. The third-order valence-electron chi connectivity index (χ3n) is 3.21. The Morgan fingerprint density at radius 2 is 2.10 bits per heavy atom. The lowest BCUT2D eigenvalue weighted by Crippen LogP contribution is -1.95. The van der Waals surface area contributed by atoms with Crippen LogP contribution in [0.3, 0.4) is 0 Å². The molecule has 0 fully saturated rings. The Kier molecular flexibility index (Phi) is 3.42. The van der Waals surface area contributed by atoms with Gasteiger partial charge >= 0.3 is 0 Å². The molecule has 0 aliphatic rings. The van der Waals surface area contributed by atoms with Gasteiger partial charge in [0, 0.05) is 6.07 Å². The number of aromatic nitrogens is 2. The molecule has 1 N–H and O–H groups in total. The number of nitrogens with zero attached hydrogens (tertiary/aromatic N) is 2. The molecule has 0 aliphatic carbocycles. The third kappa shape index (κ3) is 2.29. The van der Waals surface area contributed by atoms with Crippen molar-refractivity contribution in [3.8, 4) is 17.5 Å². The molecule has 21 heavy (non-hydrogen) atoms. The normalized spacial score (nSPS) is 10.5. The van der Waals surface area contributed by atoms with Gasteiger partial charge in [0.05, 0.1) is 40.5 Å². The minimum atomic E-state index is 0.474. The number of imidazole rings is 1. The van der Waals surface area contributed by atoms with Crippen LogP contribution in [-0.4, -0.2) is 16.7 Å². The highest BCUT2D eigenvalue weighted by Crippen LogP contribution is 2.28. The summed E-state index contributed by atoms with van der Waals surface area (Å²) in [6.07, 6.45) is 0. The van der Waals surface area contributed by atoms with Gasteiger partial charge in [-0.05, 0) is 42.5 Å². The maximum atomic E-state index is 8.91. The Morgan fingerprint density at radius 1 is 1.29 bits per heavy atom. The van der Waals surface area contributed by atoms with Crippen molar-refractivity contribution < 1.29 is 4.74 Å². The molecule has 0 amide bonds. The monoisotopic (exact) mass is 315 g/mol. The van der Waals surface area contributed by atoms with Crippen molar-refractivity contribution in [3.63, 3.8) is 0 Å². The summed E-state index contributed by atoms with van der Waals surface area (Å²) in [5.41, 5.74) is 3.00. The SMILES string of the molecule is COc1ccc2c(c1)[nH]c(=S)n2-c1ccc(C#N)cc1Cl. The number of H-pyrrole nitrogens is 1. The Morgan fingerprint density at radius 3 is 2.76 bits per heavy atom. The quantitative estimate of drug-likeness (QED) is 0.720. The summed E-state index contributed by atoms with van der Waals surface area (Å²) in [7, 11) is 1.62.